The minimum absolute atomic E-state index is 0.0711. The molecule has 12 nitrogen and oxygen atoms in total. The molecule has 0 bridgehead atoms. The number of hydrogen-bond acceptors (Lipinski definition) is 8. The van der Waals surface area contributed by atoms with Gasteiger partial charge in [-0.2, -0.15) is 0 Å². The largest absolute Gasteiger partial charge is 0.344 e. The summed E-state index contributed by atoms with van der Waals surface area (Å²) in [5.41, 5.74) is 1.93. The van der Waals surface area contributed by atoms with Crippen molar-refractivity contribution in [1.82, 2.24) is 15.4 Å². The first-order valence-corrected chi connectivity index (χ1v) is 20.1. The molecule has 0 radical (unpaired) electrons. The Kier molecular flexibility index (Phi) is 14.2. The molecule has 4 rings (SSSR count). The van der Waals surface area contributed by atoms with Crippen molar-refractivity contribution in [3.8, 4) is 11.1 Å². The quantitative estimate of drug-likeness (QED) is 0.135. The van der Waals surface area contributed by atoms with Crippen molar-refractivity contribution in [2.45, 2.75) is 57.0 Å². The number of benzene rings is 3. The SMILES string of the molecule is CS(=O)NC(=O)CC(NC(=O)C(CC1CCCCC1)NC(=O)C(=O)Nc1ccccc1-c1ccccc1)C(=O)COP(C)(=O)c1ccccc1. The van der Waals surface area contributed by atoms with E-state index in [4.69, 9.17) is 4.52 Å². The van der Waals surface area contributed by atoms with Gasteiger partial charge in [0, 0.05) is 29.5 Å². The number of carbonyl (C=O) groups is 5. The van der Waals surface area contributed by atoms with E-state index in [9.17, 15) is 32.7 Å². The summed E-state index contributed by atoms with van der Waals surface area (Å²) in [5.74, 6) is -4.29. The lowest BCUT2D eigenvalue weighted by atomic mass is 9.84. The molecule has 4 unspecified atom stereocenters. The van der Waals surface area contributed by atoms with Gasteiger partial charge in [-0.1, -0.05) is 98.8 Å². The number of anilines is 1. The number of amides is 4. The molecule has 4 N–H and O–H groups in total. The molecule has 0 aromatic heterocycles. The maximum atomic E-state index is 13.8. The molecule has 1 aliphatic rings. The number of ketones is 1. The fourth-order valence-corrected chi connectivity index (χ4v) is 7.46. The molecule has 1 aliphatic carbocycles. The fraction of sp³-hybridized carbons (Fsp3) is 0.361. The predicted molar refractivity (Wildman–Crippen MR) is 193 cm³/mol. The standard InChI is InChI=1S/C36H43N4O8PS/c1-49(46,27-18-10-5-11-19-27)48-24-32(41)30(23-33(42)40-50(2)47)38-34(43)31(22-25-14-6-3-7-15-25)39-36(45)35(44)37-29-21-13-12-20-28(29)26-16-8-4-9-17-26/h4-5,8-13,16-21,25,30-31H,3,6-7,14-15,22-24H2,1-2H3,(H,37,44)(H,38,43)(H,39,45)(H,40,42). The van der Waals surface area contributed by atoms with Crippen molar-refractivity contribution >= 4 is 58.8 Å². The molecule has 0 heterocycles. The summed E-state index contributed by atoms with van der Waals surface area (Å²) >= 11 is 0. The molecule has 266 valence electrons. The van der Waals surface area contributed by atoms with E-state index in [0.29, 0.717) is 16.6 Å². The zero-order valence-corrected chi connectivity index (χ0v) is 29.8. The maximum absolute atomic E-state index is 13.8. The van der Waals surface area contributed by atoms with Crippen LogP contribution in [0.4, 0.5) is 5.69 Å². The van der Waals surface area contributed by atoms with Gasteiger partial charge in [-0.3, -0.25) is 33.3 Å². The molecule has 3 aromatic carbocycles. The van der Waals surface area contributed by atoms with E-state index < -0.39 is 72.9 Å². The summed E-state index contributed by atoms with van der Waals surface area (Å²) in [6.07, 6.45) is 5.45. The first kappa shape index (κ1) is 38.4. The summed E-state index contributed by atoms with van der Waals surface area (Å²) in [7, 11) is -5.18. The van der Waals surface area contributed by atoms with Crippen molar-refractivity contribution in [2.24, 2.45) is 5.92 Å². The molecule has 0 saturated heterocycles. The highest BCUT2D eigenvalue weighted by atomic mass is 32.2. The smallest absolute Gasteiger partial charge is 0.313 e. The summed E-state index contributed by atoms with van der Waals surface area (Å²) in [6.45, 7) is 0.661. The Morgan fingerprint density at radius 2 is 1.44 bits per heavy atom. The Morgan fingerprint density at radius 1 is 0.820 bits per heavy atom. The average Bonchev–Trinajstić information content (AvgIpc) is 3.11. The van der Waals surface area contributed by atoms with Crippen LogP contribution in [0.5, 0.6) is 0 Å². The topological polar surface area (TPSA) is 177 Å². The third kappa shape index (κ3) is 11.6. The van der Waals surface area contributed by atoms with Crippen LogP contribution in [-0.4, -0.2) is 65.2 Å². The predicted octanol–water partition coefficient (Wildman–Crippen LogP) is 3.85. The number of nitrogens with one attached hydrogen (secondary N) is 4. The van der Waals surface area contributed by atoms with Gasteiger partial charge in [0.15, 0.2) is 5.78 Å². The highest BCUT2D eigenvalue weighted by molar-refractivity contribution is 7.82. The highest BCUT2D eigenvalue weighted by Gasteiger charge is 2.33. The van der Waals surface area contributed by atoms with Crippen molar-refractivity contribution in [3.63, 3.8) is 0 Å². The number of Topliss-reactive ketones (excluding diaryl/α,β-unsaturated/α-hetero) is 1. The second kappa shape index (κ2) is 18.5. The van der Waals surface area contributed by atoms with Crippen molar-refractivity contribution in [2.75, 3.05) is 24.8 Å². The normalized spacial score (nSPS) is 16.1. The van der Waals surface area contributed by atoms with Crippen LogP contribution < -0.4 is 26.0 Å². The van der Waals surface area contributed by atoms with E-state index >= 15 is 0 Å². The average molecular weight is 723 g/mol. The van der Waals surface area contributed by atoms with Gasteiger partial charge in [0.1, 0.15) is 23.6 Å². The van der Waals surface area contributed by atoms with Gasteiger partial charge in [0.2, 0.25) is 19.2 Å². The molecule has 14 heteroatoms. The first-order chi connectivity index (χ1) is 23.9. The second-order valence-electron chi connectivity index (χ2n) is 12.3. The lowest BCUT2D eigenvalue weighted by Gasteiger charge is -2.28. The minimum atomic E-state index is -3.44. The van der Waals surface area contributed by atoms with Crippen LogP contribution >= 0.6 is 7.37 Å². The van der Waals surface area contributed by atoms with Crippen molar-refractivity contribution in [1.29, 1.82) is 0 Å². The molecule has 1 fully saturated rings. The van der Waals surface area contributed by atoms with E-state index in [0.717, 1.165) is 37.7 Å². The van der Waals surface area contributed by atoms with Gasteiger partial charge in [-0.15, -0.1) is 0 Å². The highest BCUT2D eigenvalue weighted by Crippen LogP contribution is 2.41. The van der Waals surface area contributed by atoms with Gasteiger partial charge >= 0.3 is 11.8 Å². The fourth-order valence-electron chi connectivity index (χ4n) is 5.82. The van der Waals surface area contributed by atoms with Crippen molar-refractivity contribution in [3.05, 3.63) is 84.9 Å². The summed E-state index contributed by atoms with van der Waals surface area (Å²) in [5, 5.41) is 8.12. The third-order valence-electron chi connectivity index (χ3n) is 8.41. The van der Waals surface area contributed by atoms with Crippen LogP contribution in [0.2, 0.25) is 0 Å². The minimum Gasteiger partial charge on any atom is -0.344 e. The molecule has 1 saturated carbocycles. The first-order valence-electron chi connectivity index (χ1n) is 16.4. The van der Waals surface area contributed by atoms with E-state index in [2.05, 4.69) is 20.7 Å². The molecule has 50 heavy (non-hydrogen) atoms. The molecule has 0 aliphatic heterocycles. The number of para-hydroxylation sites is 1. The molecule has 4 amide bonds. The van der Waals surface area contributed by atoms with E-state index in [1.54, 1.807) is 42.5 Å². The van der Waals surface area contributed by atoms with Crippen LogP contribution in [0.1, 0.15) is 44.9 Å². The monoisotopic (exact) mass is 722 g/mol. The molecular formula is C36H43N4O8PS. The summed E-state index contributed by atoms with van der Waals surface area (Å²) < 4.78 is 32.6. The number of carbonyl (C=O) groups excluding carboxylic acids is 5. The third-order valence-corrected chi connectivity index (χ3v) is 10.8. The van der Waals surface area contributed by atoms with Crippen LogP contribution in [0.15, 0.2) is 84.9 Å². The van der Waals surface area contributed by atoms with Crippen LogP contribution in [0.25, 0.3) is 11.1 Å². The Morgan fingerprint density at radius 3 is 2.10 bits per heavy atom. The lowest BCUT2D eigenvalue weighted by Crippen LogP contribution is -2.55. The Labute approximate surface area is 294 Å². The Balaban J connectivity index is 1.51. The van der Waals surface area contributed by atoms with E-state index in [1.807, 2.05) is 42.5 Å². The maximum Gasteiger partial charge on any atom is 0.313 e. The Bertz CT molecular complexity index is 1730. The molecular weight excluding hydrogens is 679 g/mol. The van der Waals surface area contributed by atoms with E-state index in [1.165, 1.54) is 12.9 Å². The number of rotatable bonds is 15. The van der Waals surface area contributed by atoms with Crippen LogP contribution in [0, 0.1) is 5.92 Å². The Hall–Kier alpha value is -4.45. The second-order valence-corrected chi connectivity index (χ2v) is 15.9. The van der Waals surface area contributed by atoms with Gasteiger partial charge in [-0.25, -0.2) is 4.21 Å². The summed E-state index contributed by atoms with van der Waals surface area (Å²) in [6, 6.07) is 21.9. The van der Waals surface area contributed by atoms with Crippen molar-refractivity contribution < 1.29 is 37.3 Å². The van der Waals surface area contributed by atoms with Crippen LogP contribution in [0.3, 0.4) is 0 Å². The van der Waals surface area contributed by atoms with Gasteiger partial charge in [0.25, 0.3) is 0 Å². The molecule has 3 aromatic rings. The lowest BCUT2D eigenvalue weighted by molar-refractivity contribution is -0.138. The molecule has 0 spiro atoms. The van der Waals surface area contributed by atoms with Crippen LogP contribution in [-0.2, 0) is 44.0 Å². The molecule has 4 atom stereocenters. The van der Waals surface area contributed by atoms with E-state index in [-0.39, 0.29) is 12.3 Å². The van der Waals surface area contributed by atoms with Gasteiger partial charge in [-0.05, 0) is 36.1 Å². The zero-order chi connectivity index (χ0) is 36.1. The number of hydrogen-bond donors (Lipinski definition) is 4. The van der Waals surface area contributed by atoms with Gasteiger partial charge < -0.3 is 20.5 Å². The van der Waals surface area contributed by atoms with Gasteiger partial charge in [0.05, 0.1) is 12.5 Å². The summed E-state index contributed by atoms with van der Waals surface area (Å²) in [4.78, 5) is 66.3. The zero-order valence-electron chi connectivity index (χ0n) is 28.1.